The molecule has 0 spiro atoms. The Labute approximate surface area is 123 Å². The Bertz CT molecular complexity index is 567. The summed E-state index contributed by atoms with van der Waals surface area (Å²) in [5.74, 6) is -0.399. The molecule has 1 aliphatic heterocycles. The molecule has 0 atom stereocenters. The molecular weight excluding hydrogens is 270 g/mol. The van der Waals surface area contributed by atoms with Crippen LogP contribution in [0.25, 0.3) is 0 Å². The summed E-state index contributed by atoms with van der Waals surface area (Å²) in [7, 11) is 1.43. The SMILES string of the molecule is COc1ccnc(C(=O)NCCCC2=CC=CNC2)c1O. The fourth-order valence-electron chi connectivity index (χ4n) is 2.04. The first-order valence-electron chi connectivity index (χ1n) is 6.80. The van der Waals surface area contributed by atoms with E-state index in [9.17, 15) is 9.90 Å². The van der Waals surface area contributed by atoms with Crippen LogP contribution >= 0.6 is 0 Å². The number of rotatable bonds is 6. The first kappa shape index (κ1) is 14.9. The standard InChI is InChI=1S/C15H19N3O3/c1-21-12-6-9-17-13(14(12)19)15(20)18-8-3-5-11-4-2-7-16-10-11/h2,4,6-7,9,16,19H,3,5,8,10H2,1H3,(H,18,20). The third kappa shape index (κ3) is 3.98. The topological polar surface area (TPSA) is 83.5 Å². The Balaban J connectivity index is 1.82. The van der Waals surface area contributed by atoms with Crippen molar-refractivity contribution >= 4 is 5.91 Å². The average molecular weight is 289 g/mol. The van der Waals surface area contributed by atoms with Gasteiger partial charge in [0, 0.05) is 25.4 Å². The number of allylic oxidation sites excluding steroid dienone is 2. The van der Waals surface area contributed by atoms with Gasteiger partial charge in [0.1, 0.15) is 0 Å². The Morgan fingerprint density at radius 3 is 3.14 bits per heavy atom. The van der Waals surface area contributed by atoms with Gasteiger partial charge < -0.3 is 20.5 Å². The zero-order valence-corrected chi connectivity index (χ0v) is 11.9. The molecule has 1 aromatic rings. The van der Waals surface area contributed by atoms with Crippen molar-refractivity contribution in [1.82, 2.24) is 15.6 Å². The van der Waals surface area contributed by atoms with E-state index in [0.717, 1.165) is 19.4 Å². The second-order valence-corrected chi connectivity index (χ2v) is 4.63. The van der Waals surface area contributed by atoms with Gasteiger partial charge in [-0.05, 0) is 25.1 Å². The lowest BCUT2D eigenvalue weighted by Gasteiger charge is -2.11. The molecule has 6 nitrogen and oxygen atoms in total. The van der Waals surface area contributed by atoms with Crippen molar-refractivity contribution in [3.05, 3.63) is 41.9 Å². The Morgan fingerprint density at radius 1 is 1.57 bits per heavy atom. The van der Waals surface area contributed by atoms with Gasteiger partial charge >= 0.3 is 0 Å². The highest BCUT2D eigenvalue weighted by Gasteiger charge is 2.16. The minimum Gasteiger partial charge on any atom is -0.503 e. The van der Waals surface area contributed by atoms with Gasteiger partial charge in [0.05, 0.1) is 7.11 Å². The highest BCUT2D eigenvalue weighted by Crippen LogP contribution is 2.27. The molecule has 1 aromatic heterocycles. The molecule has 0 saturated heterocycles. The van der Waals surface area contributed by atoms with Crippen LogP contribution in [0.15, 0.2) is 36.2 Å². The minimum atomic E-state index is -0.401. The fourth-order valence-corrected chi connectivity index (χ4v) is 2.04. The number of pyridine rings is 1. The molecule has 0 bridgehead atoms. The average Bonchev–Trinajstić information content (AvgIpc) is 2.52. The second-order valence-electron chi connectivity index (χ2n) is 4.63. The molecule has 2 rings (SSSR count). The second kappa shape index (κ2) is 7.33. The van der Waals surface area contributed by atoms with Crippen molar-refractivity contribution < 1.29 is 14.6 Å². The predicted octanol–water partition coefficient (Wildman–Crippen LogP) is 1.35. The lowest BCUT2D eigenvalue weighted by atomic mass is 10.1. The molecule has 3 N–H and O–H groups in total. The summed E-state index contributed by atoms with van der Waals surface area (Å²) in [6.07, 6.45) is 9.12. The van der Waals surface area contributed by atoms with Gasteiger partial charge in [-0.1, -0.05) is 11.6 Å². The van der Waals surface area contributed by atoms with Gasteiger partial charge in [-0.15, -0.1) is 0 Å². The van der Waals surface area contributed by atoms with Gasteiger partial charge in [0.2, 0.25) is 0 Å². The van der Waals surface area contributed by atoms with E-state index in [1.807, 2.05) is 12.3 Å². The zero-order valence-electron chi connectivity index (χ0n) is 11.9. The van der Waals surface area contributed by atoms with Crippen LogP contribution in [0.5, 0.6) is 11.5 Å². The summed E-state index contributed by atoms with van der Waals surface area (Å²) in [5.41, 5.74) is 1.28. The van der Waals surface area contributed by atoms with Crippen LogP contribution in [0.2, 0.25) is 0 Å². The first-order valence-corrected chi connectivity index (χ1v) is 6.80. The number of hydrogen-bond donors (Lipinski definition) is 3. The number of amides is 1. The van der Waals surface area contributed by atoms with Gasteiger partial charge in [0.25, 0.3) is 5.91 Å². The first-order chi connectivity index (χ1) is 10.2. The van der Waals surface area contributed by atoms with E-state index < -0.39 is 5.91 Å². The molecule has 0 aromatic carbocycles. The molecular formula is C15H19N3O3. The van der Waals surface area contributed by atoms with Crippen molar-refractivity contribution in [3.63, 3.8) is 0 Å². The molecule has 1 aliphatic rings. The van der Waals surface area contributed by atoms with Crippen LogP contribution in [0, 0.1) is 0 Å². The van der Waals surface area contributed by atoms with Crippen LogP contribution in [0.4, 0.5) is 0 Å². The number of carbonyl (C=O) groups excluding carboxylic acids is 1. The molecule has 112 valence electrons. The summed E-state index contributed by atoms with van der Waals surface area (Å²) in [4.78, 5) is 15.8. The number of ether oxygens (including phenoxy) is 1. The molecule has 0 fully saturated rings. The van der Waals surface area contributed by atoms with Gasteiger partial charge in [-0.3, -0.25) is 4.79 Å². The summed E-state index contributed by atoms with van der Waals surface area (Å²) in [6, 6.07) is 1.50. The van der Waals surface area contributed by atoms with Gasteiger partial charge in [-0.25, -0.2) is 4.98 Å². The van der Waals surface area contributed by atoms with Gasteiger partial charge in [0.15, 0.2) is 17.2 Å². The molecule has 0 saturated carbocycles. The molecule has 0 radical (unpaired) electrons. The predicted molar refractivity (Wildman–Crippen MR) is 79.2 cm³/mol. The van der Waals surface area contributed by atoms with Crippen molar-refractivity contribution in [1.29, 1.82) is 0 Å². The Kier molecular flexibility index (Phi) is 5.20. The summed E-state index contributed by atoms with van der Waals surface area (Å²) in [5, 5.41) is 15.7. The van der Waals surface area contributed by atoms with Crippen molar-refractivity contribution in [3.8, 4) is 11.5 Å². The number of aromatic nitrogens is 1. The number of hydrogen-bond acceptors (Lipinski definition) is 5. The van der Waals surface area contributed by atoms with Crippen LogP contribution in [-0.4, -0.2) is 36.2 Å². The van der Waals surface area contributed by atoms with E-state index >= 15 is 0 Å². The fraction of sp³-hybridized carbons (Fsp3) is 0.333. The number of carbonyl (C=O) groups is 1. The number of aromatic hydroxyl groups is 1. The summed E-state index contributed by atoms with van der Waals surface area (Å²) < 4.78 is 4.95. The third-order valence-electron chi connectivity index (χ3n) is 3.16. The maximum atomic E-state index is 12.0. The lowest BCUT2D eigenvalue weighted by Crippen LogP contribution is -2.26. The zero-order chi connectivity index (χ0) is 15.1. The van der Waals surface area contributed by atoms with Gasteiger partial charge in [-0.2, -0.15) is 0 Å². The number of nitrogens with zero attached hydrogens (tertiary/aromatic N) is 1. The quantitative estimate of drug-likeness (QED) is 0.689. The van der Waals surface area contributed by atoms with E-state index in [0.29, 0.717) is 6.54 Å². The smallest absolute Gasteiger partial charge is 0.273 e. The summed E-state index contributed by atoms with van der Waals surface area (Å²) in [6.45, 7) is 1.38. The van der Waals surface area contributed by atoms with Crippen molar-refractivity contribution in [2.45, 2.75) is 12.8 Å². The van der Waals surface area contributed by atoms with E-state index in [2.05, 4.69) is 21.7 Å². The third-order valence-corrected chi connectivity index (χ3v) is 3.16. The number of methoxy groups -OCH3 is 1. The van der Waals surface area contributed by atoms with Crippen molar-refractivity contribution in [2.24, 2.45) is 0 Å². The van der Waals surface area contributed by atoms with Crippen LogP contribution < -0.4 is 15.4 Å². The van der Waals surface area contributed by atoms with Crippen LogP contribution in [0.1, 0.15) is 23.3 Å². The minimum absolute atomic E-state index is 0.0177. The van der Waals surface area contributed by atoms with E-state index in [1.54, 1.807) is 0 Å². The van der Waals surface area contributed by atoms with E-state index in [1.165, 1.54) is 24.9 Å². The molecule has 2 heterocycles. The number of dihydropyridines is 1. The highest BCUT2D eigenvalue weighted by atomic mass is 16.5. The maximum absolute atomic E-state index is 12.0. The Morgan fingerprint density at radius 2 is 2.43 bits per heavy atom. The van der Waals surface area contributed by atoms with Crippen LogP contribution in [0.3, 0.4) is 0 Å². The molecule has 1 amide bonds. The molecule has 21 heavy (non-hydrogen) atoms. The molecule has 0 aliphatic carbocycles. The van der Waals surface area contributed by atoms with E-state index in [-0.39, 0.29) is 17.2 Å². The molecule has 0 unspecified atom stereocenters. The molecule has 6 heteroatoms. The van der Waals surface area contributed by atoms with Crippen LogP contribution in [-0.2, 0) is 0 Å². The lowest BCUT2D eigenvalue weighted by molar-refractivity contribution is 0.0944. The normalized spacial score (nSPS) is 13.3. The maximum Gasteiger partial charge on any atom is 0.273 e. The largest absolute Gasteiger partial charge is 0.503 e. The summed E-state index contributed by atoms with van der Waals surface area (Å²) >= 11 is 0. The van der Waals surface area contributed by atoms with E-state index in [4.69, 9.17) is 4.74 Å². The van der Waals surface area contributed by atoms with Crippen molar-refractivity contribution in [2.75, 3.05) is 20.2 Å². The number of nitrogens with one attached hydrogen (secondary N) is 2. The monoisotopic (exact) mass is 289 g/mol. The Hall–Kier alpha value is -2.50. The highest BCUT2D eigenvalue weighted by molar-refractivity contribution is 5.95.